The quantitative estimate of drug-likeness (QED) is 0.637. The van der Waals surface area contributed by atoms with Gasteiger partial charge in [0.05, 0.1) is 16.6 Å². The van der Waals surface area contributed by atoms with E-state index in [1.165, 1.54) is 17.7 Å². The Kier molecular flexibility index (Phi) is 4.75. The van der Waals surface area contributed by atoms with Crippen molar-refractivity contribution in [2.45, 2.75) is 42.0 Å². The molecule has 148 valence electrons. The SMILES string of the molecule is O=S1CCC2(CC1)c1cc(Br)ccc1N(S(=O)c1ccc(F)cc1)C2C1CC1. The smallest absolute Gasteiger partial charge is 0.153 e. The monoisotopic (exact) mass is 481 g/mol. The topological polar surface area (TPSA) is 37.4 Å². The van der Waals surface area contributed by atoms with Crippen molar-refractivity contribution in [1.29, 1.82) is 0 Å². The van der Waals surface area contributed by atoms with Crippen molar-refractivity contribution in [3.05, 3.63) is 58.3 Å². The van der Waals surface area contributed by atoms with Crippen LogP contribution in [0, 0.1) is 11.7 Å². The summed E-state index contributed by atoms with van der Waals surface area (Å²) in [6, 6.07) is 12.3. The molecule has 7 heteroatoms. The Hall–Kier alpha value is -1.05. The van der Waals surface area contributed by atoms with Crippen molar-refractivity contribution >= 4 is 43.4 Å². The van der Waals surface area contributed by atoms with E-state index >= 15 is 0 Å². The summed E-state index contributed by atoms with van der Waals surface area (Å²) in [5, 5.41) is 0. The van der Waals surface area contributed by atoms with Gasteiger partial charge < -0.3 is 0 Å². The van der Waals surface area contributed by atoms with Crippen molar-refractivity contribution in [3.8, 4) is 0 Å². The van der Waals surface area contributed by atoms with E-state index in [1.807, 2.05) is 6.07 Å². The molecule has 3 aliphatic rings. The fourth-order valence-electron chi connectivity index (χ4n) is 4.93. The van der Waals surface area contributed by atoms with E-state index in [2.05, 4.69) is 32.4 Å². The molecule has 2 aromatic carbocycles. The van der Waals surface area contributed by atoms with Crippen LogP contribution in [0.15, 0.2) is 51.8 Å². The van der Waals surface area contributed by atoms with Crippen LogP contribution < -0.4 is 4.31 Å². The van der Waals surface area contributed by atoms with Crippen molar-refractivity contribution in [2.24, 2.45) is 5.92 Å². The van der Waals surface area contributed by atoms with Gasteiger partial charge in [0.2, 0.25) is 0 Å². The maximum atomic E-state index is 13.7. The predicted molar refractivity (Wildman–Crippen MR) is 115 cm³/mol. The minimum absolute atomic E-state index is 0.107. The zero-order chi connectivity index (χ0) is 19.5. The summed E-state index contributed by atoms with van der Waals surface area (Å²) in [7, 11) is -2.17. The van der Waals surface area contributed by atoms with Crippen LogP contribution in [0.2, 0.25) is 0 Å². The van der Waals surface area contributed by atoms with Crippen LogP contribution in [-0.2, 0) is 27.2 Å². The van der Waals surface area contributed by atoms with Gasteiger partial charge in [0.1, 0.15) is 5.82 Å². The summed E-state index contributed by atoms with van der Waals surface area (Å²) in [4.78, 5) is 0.623. The number of halogens is 2. The van der Waals surface area contributed by atoms with Crippen LogP contribution in [0.25, 0.3) is 0 Å². The van der Waals surface area contributed by atoms with Gasteiger partial charge in [-0.3, -0.25) is 8.51 Å². The Morgan fingerprint density at radius 1 is 1.11 bits per heavy atom. The van der Waals surface area contributed by atoms with Crippen molar-refractivity contribution in [2.75, 3.05) is 15.8 Å². The molecule has 0 radical (unpaired) electrons. The van der Waals surface area contributed by atoms with Gasteiger partial charge in [-0.25, -0.2) is 8.60 Å². The average molecular weight is 482 g/mol. The second-order valence-electron chi connectivity index (χ2n) is 7.98. The molecule has 2 atom stereocenters. The molecule has 2 unspecified atom stereocenters. The summed E-state index contributed by atoms with van der Waals surface area (Å²) < 4.78 is 42.3. The van der Waals surface area contributed by atoms with Gasteiger partial charge in [-0.05, 0) is 79.6 Å². The number of hydrogen-bond donors (Lipinski definition) is 0. The van der Waals surface area contributed by atoms with Crippen molar-refractivity contribution in [3.63, 3.8) is 0 Å². The lowest BCUT2D eigenvalue weighted by atomic mass is 9.70. The lowest BCUT2D eigenvalue weighted by Crippen LogP contribution is -2.50. The molecule has 5 rings (SSSR count). The first kappa shape index (κ1) is 18.9. The third-order valence-corrected chi connectivity index (χ3v) is 9.63. The highest BCUT2D eigenvalue weighted by Gasteiger charge is 2.58. The molecule has 1 spiro atoms. The Balaban J connectivity index is 1.65. The van der Waals surface area contributed by atoms with Gasteiger partial charge in [0.25, 0.3) is 0 Å². The van der Waals surface area contributed by atoms with Gasteiger partial charge in [0.15, 0.2) is 11.0 Å². The fraction of sp³-hybridized carbons (Fsp3) is 0.429. The summed E-state index contributed by atoms with van der Waals surface area (Å²) in [6.45, 7) is 0. The predicted octanol–water partition coefficient (Wildman–Crippen LogP) is 4.69. The number of fused-ring (bicyclic) bond motifs is 2. The maximum absolute atomic E-state index is 13.7. The fourth-order valence-corrected chi connectivity index (χ4v) is 8.19. The summed E-state index contributed by atoms with van der Waals surface area (Å²) in [5.41, 5.74) is 2.13. The van der Waals surface area contributed by atoms with E-state index in [-0.39, 0.29) is 17.3 Å². The molecule has 0 amide bonds. The Labute approximate surface area is 177 Å². The molecular weight excluding hydrogens is 461 g/mol. The van der Waals surface area contributed by atoms with Gasteiger partial charge in [-0.1, -0.05) is 15.9 Å². The molecule has 2 aliphatic heterocycles. The number of anilines is 1. The van der Waals surface area contributed by atoms with Crippen LogP contribution in [0.5, 0.6) is 0 Å². The van der Waals surface area contributed by atoms with Crippen LogP contribution in [0.3, 0.4) is 0 Å². The van der Waals surface area contributed by atoms with Crippen LogP contribution in [0.1, 0.15) is 31.2 Å². The highest BCUT2D eigenvalue weighted by atomic mass is 79.9. The van der Waals surface area contributed by atoms with Crippen molar-refractivity contribution in [1.82, 2.24) is 0 Å². The molecule has 1 aliphatic carbocycles. The molecule has 0 bridgehead atoms. The molecule has 3 nitrogen and oxygen atoms in total. The van der Waals surface area contributed by atoms with Crippen molar-refractivity contribution < 1.29 is 12.8 Å². The lowest BCUT2D eigenvalue weighted by Gasteiger charge is -2.41. The third-order valence-electron chi connectivity index (χ3n) is 6.37. The molecule has 2 fully saturated rings. The minimum Gasteiger partial charge on any atom is -0.283 e. The van der Waals surface area contributed by atoms with E-state index in [1.54, 1.807) is 12.1 Å². The average Bonchev–Trinajstić information content (AvgIpc) is 3.49. The van der Waals surface area contributed by atoms with E-state index < -0.39 is 21.8 Å². The Morgan fingerprint density at radius 2 is 1.79 bits per heavy atom. The summed E-state index contributed by atoms with van der Waals surface area (Å²) in [5.74, 6) is 1.58. The van der Waals surface area contributed by atoms with E-state index in [9.17, 15) is 12.8 Å². The zero-order valence-corrected chi connectivity index (χ0v) is 18.5. The molecule has 0 N–H and O–H groups in total. The van der Waals surface area contributed by atoms with E-state index in [4.69, 9.17) is 0 Å². The highest BCUT2D eigenvalue weighted by molar-refractivity contribution is 9.10. The maximum Gasteiger partial charge on any atom is 0.153 e. The second kappa shape index (κ2) is 7.03. The van der Waals surface area contributed by atoms with Gasteiger partial charge in [-0.2, -0.15) is 0 Å². The molecule has 2 aromatic rings. The zero-order valence-electron chi connectivity index (χ0n) is 15.3. The minimum atomic E-state index is -1.41. The standard InChI is InChI=1S/C21H21BrFNO2S2/c22-15-3-8-19-18(13-15)21(9-11-27(25)12-10-21)20(14-1-2-14)24(19)28(26)17-6-4-16(23)5-7-17/h3-8,13-14,20H,1-2,9-12H2. The first-order valence-corrected chi connectivity index (χ1v) is 13.0. The van der Waals surface area contributed by atoms with Crippen LogP contribution in [0.4, 0.5) is 10.1 Å². The highest BCUT2D eigenvalue weighted by Crippen LogP contribution is 2.58. The molecule has 28 heavy (non-hydrogen) atoms. The second-order valence-corrected chi connectivity index (χ2v) is 12.0. The largest absolute Gasteiger partial charge is 0.283 e. The first-order valence-electron chi connectivity index (χ1n) is 9.61. The van der Waals surface area contributed by atoms with Gasteiger partial charge in [0, 0.05) is 32.2 Å². The van der Waals surface area contributed by atoms with E-state index in [0.717, 1.165) is 35.8 Å². The normalized spacial score (nSPS) is 30.4. The number of rotatable bonds is 3. The van der Waals surface area contributed by atoms with Crippen LogP contribution >= 0.6 is 15.9 Å². The first-order chi connectivity index (χ1) is 13.5. The molecule has 1 saturated heterocycles. The Morgan fingerprint density at radius 3 is 2.43 bits per heavy atom. The summed E-state index contributed by atoms with van der Waals surface area (Å²) in [6.07, 6.45) is 4.01. The molecule has 2 heterocycles. The van der Waals surface area contributed by atoms with Gasteiger partial charge in [-0.15, -0.1) is 0 Å². The van der Waals surface area contributed by atoms with Gasteiger partial charge >= 0.3 is 0 Å². The molecule has 1 saturated carbocycles. The van der Waals surface area contributed by atoms with Crippen LogP contribution in [-0.4, -0.2) is 26.0 Å². The number of benzene rings is 2. The van der Waals surface area contributed by atoms with E-state index in [0.29, 0.717) is 22.3 Å². The molecule has 0 aromatic heterocycles. The number of nitrogens with zero attached hydrogens (tertiary/aromatic N) is 1. The third kappa shape index (κ3) is 3.01. The Bertz CT molecular complexity index is 967. The molecular formula is C21H21BrFNO2S2. The lowest BCUT2D eigenvalue weighted by molar-refractivity contribution is 0.314. The summed E-state index contributed by atoms with van der Waals surface area (Å²) >= 11 is 3.61. The number of hydrogen-bond acceptors (Lipinski definition) is 2.